The highest BCUT2D eigenvalue weighted by atomic mass is 19.1. The maximum absolute atomic E-state index is 13.6. The summed E-state index contributed by atoms with van der Waals surface area (Å²) in [4.78, 5) is 16.8. The molecule has 0 atom stereocenters. The lowest BCUT2D eigenvalue weighted by molar-refractivity contribution is 0.0936. The Balaban J connectivity index is 1.51. The Hall–Kier alpha value is -3.10. The fourth-order valence-corrected chi connectivity index (χ4v) is 2.66. The molecule has 140 valence electrons. The predicted molar refractivity (Wildman–Crippen MR) is 92.8 cm³/mol. The van der Waals surface area contributed by atoms with Crippen LogP contribution in [-0.4, -0.2) is 30.9 Å². The van der Waals surface area contributed by atoms with E-state index in [1.807, 2.05) is 13.8 Å². The van der Waals surface area contributed by atoms with Crippen molar-refractivity contribution >= 4 is 5.91 Å². The predicted octanol–water partition coefficient (Wildman–Crippen LogP) is 2.72. The lowest BCUT2D eigenvalue weighted by Crippen LogP contribution is -2.24. The lowest BCUT2D eigenvalue weighted by Gasteiger charge is -2.07. The molecule has 0 bridgehead atoms. The number of carbonyl (C=O) groups excluding carboxylic acids is 1. The summed E-state index contributed by atoms with van der Waals surface area (Å²) in [5, 5.41) is 14.9. The van der Waals surface area contributed by atoms with Gasteiger partial charge in [0.25, 0.3) is 5.91 Å². The van der Waals surface area contributed by atoms with Crippen LogP contribution in [0.25, 0.3) is 5.69 Å². The number of hydrogen-bond acceptors (Lipinski definition) is 6. The average Bonchev–Trinajstić information content (AvgIpc) is 3.21. The van der Waals surface area contributed by atoms with Gasteiger partial charge < -0.3 is 9.73 Å². The minimum Gasteiger partial charge on any atom is -0.423 e. The van der Waals surface area contributed by atoms with E-state index in [2.05, 4.69) is 25.6 Å². The smallest absolute Gasteiger partial charge is 0.291 e. The van der Waals surface area contributed by atoms with E-state index in [0.717, 1.165) is 12.8 Å². The maximum Gasteiger partial charge on any atom is 0.291 e. The Morgan fingerprint density at radius 2 is 2.19 bits per heavy atom. The van der Waals surface area contributed by atoms with Gasteiger partial charge in [-0.15, -0.1) is 15.3 Å². The summed E-state index contributed by atoms with van der Waals surface area (Å²) in [6.07, 6.45) is 2.13. The van der Waals surface area contributed by atoms with Crippen LogP contribution in [0.3, 0.4) is 0 Å². The van der Waals surface area contributed by atoms with E-state index in [1.54, 1.807) is 12.1 Å². The quantitative estimate of drug-likeness (QED) is 0.716. The van der Waals surface area contributed by atoms with Gasteiger partial charge in [0.05, 0.1) is 12.2 Å². The zero-order chi connectivity index (χ0) is 19.0. The molecule has 1 amide bonds. The highest BCUT2D eigenvalue weighted by Crippen LogP contribution is 2.38. The van der Waals surface area contributed by atoms with Crippen LogP contribution in [-0.2, 0) is 6.54 Å². The highest BCUT2D eigenvalue weighted by Gasteiger charge is 2.29. The molecule has 2 heterocycles. The van der Waals surface area contributed by atoms with Crippen LogP contribution >= 0.6 is 0 Å². The van der Waals surface area contributed by atoms with E-state index < -0.39 is 5.91 Å². The van der Waals surface area contributed by atoms with Crippen molar-refractivity contribution in [2.75, 3.05) is 0 Å². The van der Waals surface area contributed by atoms with Crippen molar-refractivity contribution in [3.8, 4) is 5.69 Å². The molecular weight excluding hydrogens is 351 g/mol. The number of halogens is 1. The van der Waals surface area contributed by atoms with Gasteiger partial charge in [-0.1, -0.05) is 19.9 Å². The Kier molecular flexibility index (Phi) is 4.43. The molecule has 8 nitrogen and oxygen atoms in total. The second kappa shape index (κ2) is 6.90. The SMILES string of the molecule is CC(C)c1nc(C(=O)NCc2nnc(C3CC3)o2)nn1-c1cccc(F)c1. The first-order chi connectivity index (χ1) is 13.0. The third-order valence-electron chi connectivity index (χ3n) is 4.21. The van der Waals surface area contributed by atoms with Gasteiger partial charge in [0, 0.05) is 11.8 Å². The van der Waals surface area contributed by atoms with Crippen LogP contribution in [0.1, 0.15) is 66.7 Å². The monoisotopic (exact) mass is 370 g/mol. The Bertz CT molecular complexity index is 976. The molecule has 4 rings (SSSR count). The number of nitrogens with one attached hydrogen (secondary N) is 1. The second-order valence-electron chi connectivity index (χ2n) is 6.83. The zero-order valence-electron chi connectivity index (χ0n) is 15.0. The van der Waals surface area contributed by atoms with Crippen LogP contribution in [0, 0.1) is 5.82 Å². The number of benzene rings is 1. The second-order valence-corrected chi connectivity index (χ2v) is 6.83. The number of rotatable bonds is 6. The van der Waals surface area contributed by atoms with E-state index in [-0.39, 0.29) is 24.1 Å². The van der Waals surface area contributed by atoms with Crippen molar-refractivity contribution in [3.05, 3.63) is 53.5 Å². The molecule has 0 radical (unpaired) electrons. The number of aromatic nitrogens is 5. The van der Waals surface area contributed by atoms with Crippen molar-refractivity contribution in [1.82, 2.24) is 30.3 Å². The fraction of sp³-hybridized carbons (Fsp3) is 0.389. The molecule has 1 aliphatic carbocycles. The molecular formula is C18H19FN6O2. The number of carbonyl (C=O) groups is 1. The van der Waals surface area contributed by atoms with E-state index in [9.17, 15) is 9.18 Å². The van der Waals surface area contributed by atoms with Gasteiger partial charge in [-0.2, -0.15) is 0 Å². The van der Waals surface area contributed by atoms with Crippen LogP contribution in [0.4, 0.5) is 4.39 Å². The molecule has 3 aromatic rings. The van der Waals surface area contributed by atoms with E-state index >= 15 is 0 Å². The summed E-state index contributed by atoms with van der Waals surface area (Å²) >= 11 is 0. The van der Waals surface area contributed by atoms with E-state index in [1.165, 1.54) is 16.8 Å². The lowest BCUT2D eigenvalue weighted by atomic mass is 10.2. The third kappa shape index (κ3) is 3.71. The molecule has 1 aliphatic rings. The van der Waals surface area contributed by atoms with Gasteiger partial charge in [-0.25, -0.2) is 14.1 Å². The third-order valence-corrected chi connectivity index (χ3v) is 4.21. The summed E-state index contributed by atoms with van der Waals surface area (Å²) in [6.45, 7) is 3.96. The molecule has 0 unspecified atom stereocenters. The van der Waals surface area contributed by atoms with Gasteiger partial charge >= 0.3 is 0 Å². The van der Waals surface area contributed by atoms with Gasteiger partial charge in [0.15, 0.2) is 0 Å². The molecule has 1 saturated carbocycles. The first-order valence-corrected chi connectivity index (χ1v) is 8.84. The number of hydrogen-bond donors (Lipinski definition) is 1. The van der Waals surface area contributed by atoms with E-state index in [0.29, 0.717) is 29.2 Å². The molecule has 27 heavy (non-hydrogen) atoms. The topological polar surface area (TPSA) is 98.7 Å². The maximum atomic E-state index is 13.6. The minimum absolute atomic E-state index is 0.000595. The van der Waals surface area contributed by atoms with Crippen molar-refractivity contribution in [2.24, 2.45) is 0 Å². The van der Waals surface area contributed by atoms with Crippen LogP contribution in [0.5, 0.6) is 0 Å². The van der Waals surface area contributed by atoms with Crippen LogP contribution in [0.2, 0.25) is 0 Å². The molecule has 1 fully saturated rings. The molecule has 0 spiro atoms. The Morgan fingerprint density at radius 1 is 1.37 bits per heavy atom. The zero-order valence-corrected chi connectivity index (χ0v) is 15.0. The van der Waals surface area contributed by atoms with Crippen molar-refractivity contribution in [2.45, 2.75) is 45.1 Å². The van der Waals surface area contributed by atoms with Gasteiger partial charge in [-0.3, -0.25) is 4.79 Å². The minimum atomic E-state index is -0.460. The Morgan fingerprint density at radius 3 is 2.89 bits per heavy atom. The van der Waals surface area contributed by atoms with Gasteiger partial charge in [0.1, 0.15) is 11.6 Å². The van der Waals surface area contributed by atoms with Crippen LogP contribution < -0.4 is 5.32 Å². The first kappa shape index (κ1) is 17.3. The standard InChI is InChI=1S/C18H19FN6O2/c1-10(2)16-21-15(24-25(16)13-5-3-4-12(19)8-13)17(26)20-9-14-22-23-18(27-14)11-6-7-11/h3-5,8,10-11H,6-7,9H2,1-2H3,(H,20,26). The Labute approximate surface area is 154 Å². The average molecular weight is 370 g/mol. The summed E-state index contributed by atoms with van der Waals surface area (Å²) < 4.78 is 20.6. The largest absolute Gasteiger partial charge is 0.423 e. The molecule has 0 saturated heterocycles. The first-order valence-electron chi connectivity index (χ1n) is 8.84. The summed E-state index contributed by atoms with van der Waals surface area (Å²) in [5.74, 6) is 1.06. The summed E-state index contributed by atoms with van der Waals surface area (Å²) in [7, 11) is 0. The van der Waals surface area contributed by atoms with Gasteiger partial charge in [0.2, 0.25) is 17.6 Å². The molecule has 1 N–H and O–H groups in total. The molecule has 0 aliphatic heterocycles. The van der Waals surface area contributed by atoms with Gasteiger partial charge in [-0.05, 0) is 31.0 Å². The van der Waals surface area contributed by atoms with Crippen LogP contribution in [0.15, 0.2) is 28.7 Å². The molecule has 1 aromatic carbocycles. The van der Waals surface area contributed by atoms with Crippen molar-refractivity contribution in [1.29, 1.82) is 0 Å². The normalized spacial score (nSPS) is 13.9. The van der Waals surface area contributed by atoms with Crippen molar-refractivity contribution in [3.63, 3.8) is 0 Å². The van der Waals surface area contributed by atoms with E-state index in [4.69, 9.17) is 4.42 Å². The molecule has 9 heteroatoms. The summed E-state index contributed by atoms with van der Waals surface area (Å²) in [6, 6.07) is 6.00. The van der Waals surface area contributed by atoms with Crippen molar-refractivity contribution < 1.29 is 13.6 Å². The highest BCUT2D eigenvalue weighted by molar-refractivity contribution is 5.90. The number of nitrogens with zero attached hydrogens (tertiary/aromatic N) is 5. The number of amides is 1. The fourth-order valence-electron chi connectivity index (χ4n) is 2.66. The summed E-state index contributed by atoms with van der Waals surface area (Å²) in [5.41, 5.74) is 0.510. The molecule has 2 aromatic heterocycles.